The molecule has 0 unspecified atom stereocenters. The maximum atomic E-state index is 12.0. The van der Waals surface area contributed by atoms with Crippen LogP contribution in [0.1, 0.15) is 27.2 Å². The molecule has 0 saturated carbocycles. The smallest absolute Gasteiger partial charge is 0.414 e. The summed E-state index contributed by atoms with van der Waals surface area (Å²) in [5.74, 6) is -1.50. The molecule has 0 radical (unpaired) electrons. The zero-order valence-electron chi connectivity index (χ0n) is 14.0. The standard InChI is InChI=1S/C14H24O7Si/c1-9-14(20-12(15)10(2)3,21-13(16)11(4)5)22(17-6,18-7)19-8/h2,4,9H2,1,3,5-8H3. The van der Waals surface area contributed by atoms with Crippen LogP contribution in [0.5, 0.6) is 0 Å². The molecule has 126 valence electrons. The lowest BCUT2D eigenvalue weighted by Crippen LogP contribution is -2.67. The molecule has 0 heterocycles. The van der Waals surface area contributed by atoms with Crippen LogP contribution in [0, 0.1) is 0 Å². The molecule has 0 aromatic heterocycles. The molecular formula is C14H24O7Si. The third-order valence-corrected chi connectivity index (χ3v) is 6.05. The Bertz CT molecular complexity index is 418. The maximum Gasteiger partial charge on any atom is 0.590 e. The Morgan fingerprint density at radius 3 is 1.41 bits per heavy atom. The van der Waals surface area contributed by atoms with Crippen molar-refractivity contribution in [3.8, 4) is 0 Å². The van der Waals surface area contributed by atoms with Gasteiger partial charge in [-0.05, 0) is 13.8 Å². The highest BCUT2D eigenvalue weighted by atomic mass is 28.4. The Balaban J connectivity index is 5.99. The molecule has 0 aromatic rings. The topological polar surface area (TPSA) is 80.3 Å². The second-order valence-corrected chi connectivity index (χ2v) is 7.71. The molecule has 8 heteroatoms. The fraction of sp³-hybridized carbons (Fsp3) is 0.571. The van der Waals surface area contributed by atoms with Crippen LogP contribution < -0.4 is 0 Å². The lowest BCUT2D eigenvalue weighted by atomic mass is 10.3. The van der Waals surface area contributed by atoms with Gasteiger partial charge in [0.1, 0.15) is 0 Å². The molecule has 0 aliphatic carbocycles. The fourth-order valence-corrected chi connectivity index (χ4v) is 4.00. The SMILES string of the molecule is C=C(C)C(=O)OC(CC)(OC(=O)C(=C)C)[Si](OC)(OC)OC. The molecule has 0 bridgehead atoms. The van der Waals surface area contributed by atoms with Crippen molar-refractivity contribution in [3.63, 3.8) is 0 Å². The van der Waals surface area contributed by atoms with E-state index in [0.29, 0.717) is 0 Å². The Labute approximate surface area is 132 Å². The molecule has 0 aliphatic rings. The molecule has 0 aromatic carbocycles. The molecule has 0 amide bonds. The van der Waals surface area contributed by atoms with E-state index in [4.69, 9.17) is 22.8 Å². The minimum Gasteiger partial charge on any atom is -0.414 e. The second-order valence-electron chi connectivity index (χ2n) is 4.61. The van der Waals surface area contributed by atoms with E-state index in [-0.39, 0.29) is 17.6 Å². The van der Waals surface area contributed by atoms with E-state index in [1.165, 1.54) is 35.2 Å². The minimum atomic E-state index is -3.68. The first kappa shape index (κ1) is 20.5. The summed E-state index contributed by atoms with van der Waals surface area (Å²) in [5.41, 5.74) is -1.57. The molecule has 0 N–H and O–H groups in total. The molecule has 0 atom stereocenters. The van der Waals surface area contributed by atoms with Gasteiger partial charge in [-0.15, -0.1) is 0 Å². The van der Waals surface area contributed by atoms with Crippen LogP contribution >= 0.6 is 0 Å². The van der Waals surface area contributed by atoms with Crippen LogP contribution in [0.15, 0.2) is 24.3 Å². The lowest BCUT2D eigenvalue weighted by Gasteiger charge is -2.40. The normalized spacial score (nSPS) is 11.7. The van der Waals surface area contributed by atoms with Gasteiger partial charge in [-0.1, -0.05) is 20.1 Å². The van der Waals surface area contributed by atoms with Gasteiger partial charge >= 0.3 is 26.2 Å². The van der Waals surface area contributed by atoms with Crippen LogP contribution in [0.25, 0.3) is 0 Å². The van der Waals surface area contributed by atoms with Gasteiger partial charge in [-0.2, -0.15) is 0 Å². The van der Waals surface area contributed by atoms with E-state index >= 15 is 0 Å². The predicted octanol–water partition coefficient (Wildman–Crippen LogP) is 1.75. The van der Waals surface area contributed by atoms with Crippen LogP contribution in [0.2, 0.25) is 0 Å². The third-order valence-electron chi connectivity index (χ3n) is 2.95. The number of carbonyl (C=O) groups excluding carboxylic acids is 2. The van der Waals surface area contributed by atoms with E-state index in [0.717, 1.165) is 0 Å². The Hall–Kier alpha value is -1.48. The molecule has 0 aliphatic heterocycles. The summed E-state index contributed by atoms with van der Waals surface area (Å²) in [6.45, 7) is 11.6. The van der Waals surface area contributed by atoms with Crippen molar-refractivity contribution >= 4 is 20.7 Å². The van der Waals surface area contributed by atoms with E-state index < -0.39 is 26.2 Å². The summed E-state index contributed by atoms with van der Waals surface area (Å²) in [6, 6.07) is 0. The van der Waals surface area contributed by atoms with Gasteiger partial charge < -0.3 is 22.8 Å². The number of rotatable bonds is 9. The Kier molecular flexibility index (Phi) is 7.67. The summed E-state index contributed by atoms with van der Waals surface area (Å²) in [4.78, 5) is 24.0. The van der Waals surface area contributed by atoms with Gasteiger partial charge in [0, 0.05) is 38.9 Å². The fourth-order valence-electron chi connectivity index (χ4n) is 1.70. The van der Waals surface area contributed by atoms with E-state index in [9.17, 15) is 9.59 Å². The number of ether oxygens (including phenoxy) is 2. The Morgan fingerprint density at radius 1 is 0.909 bits per heavy atom. The zero-order valence-corrected chi connectivity index (χ0v) is 15.0. The van der Waals surface area contributed by atoms with Crippen molar-refractivity contribution in [1.29, 1.82) is 0 Å². The summed E-state index contributed by atoms with van der Waals surface area (Å²) < 4.78 is 26.7. The molecular weight excluding hydrogens is 308 g/mol. The summed E-state index contributed by atoms with van der Waals surface area (Å²) >= 11 is 0. The third kappa shape index (κ3) is 4.04. The molecule has 0 rings (SSSR count). The molecule has 7 nitrogen and oxygen atoms in total. The van der Waals surface area contributed by atoms with Crippen LogP contribution in [0.3, 0.4) is 0 Å². The number of carbonyl (C=O) groups is 2. The van der Waals surface area contributed by atoms with Crippen molar-refractivity contribution in [1.82, 2.24) is 0 Å². The zero-order chi connectivity index (χ0) is 17.6. The Morgan fingerprint density at radius 2 is 1.23 bits per heavy atom. The van der Waals surface area contributed by atoms with Crippen LogP contribution in [-0.2, 0) is 32.3 Å². The predicted molar refractivity (Wildman–Crippen MR) is 81.6 cm³/mol. The van der Waals surface area contributed by atoms with Crippen LogP contribution in [0.4, 0.5) is 0 Å². The first-order chi connectivity index (χ1) is 10.1. The first-order valence-corrected chi connectivity index (χ1v) is 8.30. The van der Waals surface area contributed by atoms with Gasteiger partial charge in [0.2, 0.25) is 0 Å². The van der Waals surface area contributed by atoms with Crippen molar-refractivity contribution in [2.45, 2.75) is 32.6 Å². The van der Waals surface area contributed by atoms with Crippen molar-refractivity contribution < 1.29 is 32.3 Å². The molecule has 22 heavy (non-hydrogen) atoms. The quantitative estimate of drug-likeness (QED) is 0.275. The lowest BCUT2D eigenvalue weighted by molar-refractivity contribution is -0.216. The van der Waals surface area contributed by atoms with E-state index in [1.54, 1.807) is 6.92 Å². The van der Waals surface area contributed by atoms with Crippen molar-refractivity contribution in [2.24, 2.45) is 0 Å². The largest absolute Gasteiger partial charge is 0.590 e. The van der Waals surface area contributed by atoms with Crippen molar-refractivity contribution in [2.75, 3.05) is 21.3 Å². The van der Waals surface area contributed by atoms with Gasteiger partial charge in [-0.25, -0.2) is 9.59 Å². The number of hydrogen-bond donors (Lipinski definition) is 0. The molecule has 0 fully saturated rings. The monoisotopic (exact) mass is 332 g/mol. The highest BCUT2D eigenvalue weighted by Crippen LogP contribution is 2.33. The highest BCUT2D eigenvalue weighted by molar-refractivity contribution is 6.63. The maximum absolute atomic E-state index is 12.0. The van der Waals surface area contributed by atoms with Crippen LogP contribution in [-0.4, -0.2) is 47.5 Å². The molecule has 0 spiro atoms. The van der Waals surface area contributed by atoms with E-state index in [2.05, 4.69) is 13.2 Å². The second kappa shape index (κ2) is 8.23. The average molecular weight is 332 g/mol. The molecule has 0 saturated heterocycles. The minimum absolute atomic E-state index is 0.0623. The summed E-state index contributed by atoms with van der Waals surface area (Å²) in [7, 11) is 0.296. The van der Waals surface area contributed by atoms with E-state index in [1.807, 2.05) is 0 Å². The van der Waals surface area contributed by atoms with Gasteiger partial charge in [0.05, 0.1) is 0 Å². The number of esters is 2. The summed E-state index contributed by atoms with van der Waals surface area (Å²) in [5, 5.41) is 0. The number of hydrogen-bond acceptors (Lipinski definition) is 7. The average Bonchev–Trinajstić information content (AvgIpc) is 2.48. The van der Waals surface area contributed by atoms with Crippen molar-refractivity contribution in [3.05, 3.63) is 24.3 Å². The van der Waals surface area contributed by atoms with Gasteiger partial charge in [0.25, 0.3) is 0 Å². The first-order valence-electron chi connectivity index (χ1n) is 6.58. The summed E-state index contributed by atoms with van der Waals surface area (Å²) in [6.07, 6.45) is 0.0623. The highest BCUT2D eigenvalue weighted by Gasteiger charge is 2.66. The van der Waals surface area contributed by atoms with Gasteiger partial charge in [0.15, 0.2) is 0 Å². The van der Waals surface area contributed by atoms with Gasteiger partial charge in [-0.3, -0.25) is 0 Å².